The molecule has 1 aliphatic rings. The van der Waals surface area contributed by atoms with Gasteiger partial charge in [0.1, 0.15) is 0 Å². The molecule has 0 bridgehead atoms. The molecule has 0 heterocycles. The van der Waals surface area contributed by atoms with Crippen LogP contribution >= 0.6 is 0 Å². The molecule has 2 rings (SSSR count). The van der Waals surface area contributed by atoms with Gasteiger partial charge in [-0.15, -0.1) is 0 Å². The first-order valence-electron chi connectivity index (χ1n) is 5.68. The molecule has 0 aliphatic heterocycles. The van der Waals surface area contributed by atoms with Crippen molar-refractivity contribution in [2.24, 2.45) is 0 Å². The second-order valence-corrected chi connectivity index (χ2v) is 4.14. The lowest BCUT2D eigenvalue weighted by atomic mass is 10.1. The molecule has 1 aliphatic carbocycles. The molecule has 0 saturated carbocycles. The summed E-state index contributed by atoms with van der Waals surface area (Å²) in [7, 11) is 1.41. The molecular weight excluding hydrogens is 202 g/mol. The molecule has 1 aromatic rings. The summed E-state index contributed by atoms with van der Waals surface area (Å²) in [5.74, 6) is -0.255. The molecule has 0 radical (unpaired) electrons. The maximum atomic E-state index is 11.4. The summed E-state index contributed by atoms with van der Waals surface area (Å²) >= 11 is 0. The number of carbonyl (C=O) groups excluding carboxylic acids is 1. The number of rotatable bonds is 3. The number of benzene rings is 1. The van der Waals surface area contributed by atoms with E-state index in [2.05, 4.69) is 12.2 Å². The Bertz CT molecular complexity index is 401. The zero-order valence-corrected chi connectivity index (χ0v) is 9.75. The number of fused-ring (bicyclic) bond motifs is 1. The molecule has 0 fully saturated rings. The number of ether oxygens (including phenoxy) is 1. The summed E-state index contributed by atoms with van der Waals surface area (Å²) in [6.07, 6.45) is 2.07. The van der Waals surface area contributed by atoms with Gasteiger partial charge in [-0.3, -0.25) is 0 Å². The minimum absolute atomic E-state index is 0.255. The van der Waals surface area contributed by atoms with E-state index in [4.69, 9.17) is 4.74 Å². The molecule has 0 aromatic heterocycles. The van der Waals surface area contributed by atoms with E-state index in [-0.39, 0.29) is 5.97 Å². The van der Waals surface area contributed by atoms with Crippen LogP contribution in [0.1, 0.15) is 28.4 Å². The van der Waals surface area contributed by atoms with Crippen molar-refractivity contribution < 1.29 is 9.53 Å². The largest absolute Gasteiger partial charge is 0.465 e. The average molecular weight is 219 g/mol. The molecule has 1 atom stereocenters. The first-order chi connectivity index (χ1) is 7.74. The van der Waals surface area contributed by atoms with Gasteiger partial charge in [-0.1, -0.05) is 13.0 Å². The first kappa shape index (κ1) is 11.1. The van der Waals surface area contributed by atoms with Crippen LogP contribution < -0.4 is 5.32 Å². The average Bonchev–Trinajstić information content (AvgIpc) is 2.69. The van der Waals surface area contributed by atoms with Crippen LogP contribution in [-0.2, 0) is 17.6 Å². The first-order valence-corrected chi connectivity index (χ1v) is 5.68. The van der Waals surface area contributed by atoms with Gasteiger partial charge in [0.25, 0.3) is 0 Å². The smallest absolute Gasteiger partial charge is 0.337 e. The van der Waals surface area contributed by atoms with Gasteiger partial charge in [-0.25, -0.2) is 4.79 Å². The maximum Gasteiger partial charge on any atom is 0.337 e. The summed E-state index contributed by atoms with van der Waals surface area (Å²) < 4.78 is 4.72. The van der Waals surface area contributed by atoms with Crippen molar-refractivity contribution in [3.8, 4) is 0 Å². The molecule has 1 N–H and O–H groups in total. The number of hydrogen-bond acceptors (Lipinski definition) is 3. The van der Waals surface area contributed by atoms with Crippen LogP contribution in [-0.4, -0.2) is 25.7 Å². The van der Waals surface area contributed by atoms with E-state index in [0.717, 1.165) is 19.4 Å². The third kappa shape index (κ3) is 2.09. The highest BCUT2D eigenvalue weighted by Gasteiger charge is 2.21. The second kappa shape index (κ2) is 4.66. The second-order valence-electron chi connectivity index (χ2n) is 4.14. The van der Waals surface area contributed by atoms with Crippen LogP contribution in [0.2, 0.25) is 0 Å². The third-order valence-corrected chi connectivity index (χ3v) is 3.05. The van der Waals surface area contributed by atoms with Gasteiger partial charge in [0.2, 0.25) is 0 Å². The Morgan fingerprint density at radius 1 is 1.44 bits per heavy atom. The zero-order valence-electron chi connectivity index (χ0n) is 9.75. The zero-order chi connectivity index (χ0) is 11.5. The third-order valence-electron chi connectivity index (χ3n) is 3.05. The fourth-order valence-corrected chi connectivity index (χ4v) is 2.30. The number of methoxy groups -OCH3 is 1. The van der Waals surface area contributed by atoms with Crippen LogP contribution in [0.5, 0.6) is 0 Å². The fourth-order valence-electron chi connectivity index (χ4n) is 2.30. The van der Waals surface area contributed by atoms with E-state index in [1.807, 2.05) is 18.2 Å². The van der Waals surface area contributed by atoms with Crippen molar-refractivity contribution >= 4 is 5.97 Å². The van der Waals surface area contributed by atoms with E-state index in [1.165, 1.54) is 18.2 Å². The van der Waals surface area contributed by atoms with E-state index in [9.17, 15) is 4.79 Å². The summed E-state index contributed by atoms with van der Waals surface area (Å²) in [6, 6.07) is 6.36. The lowest BCUT2D eigenvalue weighted by Crippen LogP contribution is -2.28. The van der Waals surface area contributed by atoms with Gasteiger partial charge in [-0.05, 0) is 42.6 Å². The quantitative estimate of drug-likeness (QED) is 0.784. The van der Waals surface area contributed by atoms with Crippen molar-refractivity contribution in [3.63, 3.8) is 0 Å². The van der Waals surface area contributed by atoms with Crippen molar-refractivity contribution in [2.75, 3.05) is 13.7 Å². The molecule has 3 heteroatoms. The number of nitrogens with one attached hydrogen (secondary N) is 1. The molecule has 86 valence electrons. The van der Waals surface area contributed by atoms with Gasteiger partial charge in [0.05, 0.1) is 12.7 Å². The Kier molecular flexibility index (Phi) is 3.25. The maximum absolute atomic E-state index is 11.4. The minimum Gasteiger partial charge on any atom is -0.465 e. The van der Waals surface area contributed by atoms with Crippen molar-refractivity contribution in [1.29, 1.82) is 0 Å². The highest BCUT2D eigenvalue weighted by atomic mass is 16.5. The van der Waals surface area contributed by atoms with Gasteiger partial charge in [-0.2, -0.15) is 0 Å². The Morgan fingerprint density at radius 2 is 2.19 bits per heavy atom. The molecule has 1 aromatic carbocycles. The van der Waals surface area contributed by atoms with Gasteiger partial charge in [0, 0.05) is 6.04 Å². The molecule has 0 spiro atoms. The summed E-state index contributed by atoms with van der Waals surface area (Å²) in [5, 5.41) is 3.44. The Labute approximate surface area is 95.8 Å². The predicted molar refractivity (Wildman–Crippen MR) is 62.7 cm³/mol. The van der Waals surface area contributed by atoms with Crippen molar-refractivity contribution in [3.05, 3.63) is 34.9 Å². The lowest BCUT2D eigenvalue weighted by Gasteiger charge is -2.08. The Balaban J connectivity index is 2.17. The van der Waals surface area contributed by atoms with Gasteiger partial charge >= 0.3 is 5.97 Å². The summed E-state index contributed by atoms with van der Waals surface area (Å²) in [6.45, 7) is 3.10. The molecule has 0 amide bonds. The fraction of sp³-hybridized carbons (Fsp3) is 0.462. The van der Waals surface area contributed by atoms with E-state index >= 15 is 0 Å². The highest BCUT2D eigenvalue weighted by Crippen LogP contribution is 2.23. The topological polar surface area (TPSA) is 38.3 Å². The van der Waals surface area contributed by atoms with E-state index < -0.39 is 0 Å². The molecule has 0 saturated heterocycles. The molecular formula is C13H17NO2. The summed E-state index contributed by atoms with van der Waals surface area (Å²) in [5.41, 5.74) is 3.27. The normalized spacial score (nSPS) is 18.2. The van der Waals surface area contributed by atoms with Crippen LogP contribution in [0.15, 0.2) is 18.2 Å². The van der Waals surface area contributed by atoms with Gasteiger partial charge in [0.15, 0.2) is 0 Å². The number of esters is 1. The van der Waals surface area contributed by atoms with Crippen molar-refractivity contribution in [1.82, 2.24) is 5.32 Å². The Morgan fingerprint density at radius 3 is 2.88 bits per heavy atom. The van der Waals surface area contributed by atoms with Crippen LogP contribution in [0.25, 0.3) is 0 Å². The minimum atomic E-state index is -0.255. The highest BCUT2D eigenvalue weighted by molar-refractivity contribution is 5.89. The van der Waals surface area contributed by atoms with Crippen LogP contribution in [0, 0.1) is 0 Å². The number of likely N-dealkylation sites (N-methyl/N-ethyl adjacent to an activating group) is 1. The molecule has 1 unspecified atom stereocenters. The van der Waals surface area contributed by atoms with Crippen LogP contribution in [0.4, 0.5) is 0 Å². The van der Waals surface area contributed by atoms with Gasteiger partial charge < -0.3 is 10.1 Å². The van der Waals surface area contributed by atoms with E-state index in [0.29, 0.717) is 11.6 Å². The van der Waals surface area contributed by atoms with E-state index in [1.54, 1.807) is 0 Å². The predicted octanol–water partition coefficient (Wildman–Crippen LogP) is 1.55. The standard InChI is InChI=1S/C13H17NO2/c1-3-14-12-7-9-4-5-10(13(15)16-2)6-11(9)8-12/h4-6,12,14H,3,7-8H2,1-2H3. The van der Waals surface area contributed by atoms with Crippen molar-refractivity contribution in [2.45, 2.75) is 25.8 Å². The molecule has 3 nitrogen and oxygen atoms in total. The lowest BCUT2D eigenvalue weighted by molar-refractivity contribution is 0.0600. The number of hydrogen-bond donors (Lipinski definition) is 1. The SMILES string of the molecule is CCNC1Cc2ccc(C(=O)OC)cc2C1. The Hall–Kier alpha value is -1.35. The summed E-state index contributed by atoms with van der Waals surface area (Å²) in [4.78, 5) is 11.4. The monoisotopic (exact) mass is 219 g/mol. The molecule has 16 heavy (non-hydrogen) atoms. The number of carbonyl (C=O) groups is 1. The van der Waals surface area contributed by atoms with Crippen LogP contribution in [0.3, 0.4) is 0 Å².